The van der Waals surface area contributed by atoms with Crippen LogP contribution < -0.4 is 10.0 Å². The van der Waals surface area contributed by atoms with E-state index in [-0.39, 0.29) is 0 Å². The van der Waals surface area contributed by atoms with Crippen molar-refractivity contribution >= 4 is 10.2 Å². The van der Waals surface area contributed by atoms with Gasteiger partial charge in [-0.25, -0.2) is 4.72 Å². The summed E-state index contributed by atoms with van der Waals surface area (Å²) in [4.78, 5) is 0. The van der Waals surface area contributed by atoms with Crippen LogP contribution in [0.25, 0.3) is 0 Å². The Hall–Kier alpha value is -1.03. The van der Waals surface area contributed by atoms with Crippen LogP contribution in [-0.4, -0.2) is 60.9 Å². The molecule has 0 atom stereocenters. The Morgan fingerprint density at radius 3 is 2.75 bits per heavy atom. The number of rotatable bonds is 11. The molecule has 116 valence electrons. The van der Waals surface area contributed by atoms with E-state index >= 15 is 0 Å². The summed E-state index contributed by atoms with van der Waals surface area (Å²) in [6, 6.07) is 0. The first-order valence-electron chi connectivity index (χ1n) is 6.82. The first-order chi connectivity index (χ1) is 9.56. The van der Waals surface area contributed by atoms with Gasteiger partial charge in [-0.3, -0.25) is 4.68 Å². The second-order valence-corrected chi connectivity index (χ2v) is 6.35. The molecule has 1 aromatic heterocycles. The topological polar surface area (TPSA) is 92.2 Å². The molecule has 1 heterocycles. The molecule has 0 spiro atoms. The number of nitrogens with one attached hydrogen (secondary N) is 2. The zero-order chi connectivity index (χ0) is 14.8. The third-order valence-corrected chi connectivity index (χ3v) is 4.33. The molecule has 0 bridgehead atoms. The molecule has 0 aliphatic carbocycles. The largest absolute Gasteiger partial charge is 0.317 e. The summed E-state index contributed by atoms with van der Waals surface area (Å²) in [5.74, 6) is 0. The second-order valence-electron chi connectivity index (χ2n) is 4.49. The molecule has 0 aliphatic rings. The van der Waals surface area contributed by atoms with Gasteiger partial charge in [0.2, 0.25) is 0 Å². The van der Waals surface area contributed by atoms with Crippen molar-refractivity contribution in [2.24, 2.45) is 0 Å². The lowest BCUT2D eigenvalue weighted by molar-refractivity contribution is 0.441. The monoisotopic (exact) mass is 304 g/mol. The van der Waals surface area contributed by atoms with E-state index in [1.165, 1.54) is 4.31 Å². The Morgan fingerprint density at radius 1 is 1.30 bits per heavy atom. The predicted octanol–water partition coefficient (Wildman–Crippen LogP) is -0.566. The van der Waals surface area contributed by atoms with Gasteiger partial charge in [0.1, 0.15) is 0 Å². The lowest BCUT2D eigenvalue weighted by Crippen LogP contribution is -2.40. The fraction of sp³-hybridized carbons (Fsp3) is 0.818. The lowest BCUT2D eigenvalue weighted by atomic mass is 10.4. The standard InChI is InChI=1S/C11H24N6O2S/c1-3-5-12-6-4-9-16(2)20(18,19)14-8-11-17-10-7-13-15-17/h7,10,12,14H,3-6,8-9,11H2,1-2H3. The van der Waals surface area contributed by atoms with Crippen LogP contribution in [0.2, 0.25) is 0 Å². The molecule has 20 heavy (non-hydrogen) atoms. The first kappa shape index (κ1) is 17.0. The molecule has 0 aliphatic heterocycles. The van der Waals surface area contributed by atoms with Crippen molar-refractivity contribution in [2.45, 2.75) is 26.3 Å². The molecule has 1 aromatic rings. The van der Waals surface area contributed by atoms with E-state index in [2.05, 4.69) is 27.3 Å². The Kier molecular flexibility index (Phi) is 7.67. The van der Waals surface area contributed by atoms with Gasteiger partial charge in [-0.15, -0.1) is 5.10 Å². The quantitative estimate of drug-likeness (QED) is 0.534. The van der Waals surface area contributed by atoms with E-state index in [0.717, 1.165) is 25.9 Å². The summed E-state index contributed by atoms with van der Waals surface area (Å²) in [7, 11) is -1.83. The van der Waals surface area contributed by atoms with Crippen molar-refractivity contribution < 1.29 is 8.42 Å². The molecule has 0 saturated carbocycles. The van der Waals surface area contributed by atoms with Crippen molar-refractivity contribution in [3.05, 3.63) is 12.4 Å². The molecular formula is C11H24N6O2S. The van der Waals surface area contributed by atoms with E-state index in [1.54, 1.807) is 24.1 Å². The Morgan fingerprint density at radius 2 is 2.10 bits per heavy atom. The van der Waals surface area contributed by atoms with Gasteiger partial charge in [0.25, 0.3) is 10.2 Å². The first-order valence-corrected chi connectivity index (χ1v) is 8.26. The molecule has 0 fully saturated rings. The number of hydrogen-bond acceptors (Lipinski definition) is 5. The molecule has 0 amide bonds. The zero-order valence-corrected chi connectivity index (χ0v) is 12.9. The number of aromatic nitrogens is 3. The maximum absolute atomic E-state index is 11.9. The minimum Gasteiger partial charge on any atom is -0.317 e. The predicted molar refractivity (Wildman–Crippen MR) is 77.4 cm³/mol. The van der Waals surface area contributed by atoms with Gasteiger partial charge in [0.15, 0.2) is 0 Å². The summed E-state index contributed by atoms with van der Waals surface area (Å²) in [5.41, 5.74) is 0. The van der Waals surface area contributed by atoms with E-state index in [4.69, 9.17) is 0 Å². The zero-order valence-electron chi connectivity index (χ0n) is 12.1. The van der Waals surface area contributed by atoms with Crippen molar-refractivity contribution in [2.75, 3.05) is 33.2 Å². The van der Waals surface area contributed by atoms with E-state index in [0.29, 0.717) is 19.6 Å². The molecule has 0 radical (unpaired) electrons. The third-order valence-electron chi connectivity index (χ3n) is 2.76. The minimum atomic E-state index is -3.41. The molecule has 0 saturated heterocycles. The highest BCUT2D eigenvalue weighted by Gasteiger charge is 2.15. The second kappa shape index (κ2) is 9.01. The highest BCUT2D eigenvalue weighted by molar-refractivity contribution is 7.87. The highest BCUT2D eigenvalue weighted by Crippen LogP contribution is 1.95. The SMILES string of the molecule is CCCNCCCN(C)S(=O)(=O)NCCn1ccnn1. The van der Waals surface area contributed by atoms with Crippen LogP contribution in [0.15, 0.2) is 12.4 Å². The summed E-state index contributed by atoms with van der Waals surface area (Å²) >= 11 is 0. The van der Waals surface area contributed by atoms with Crippen molar-refractivity contribution in [3.63, 3.8) is 0 Å². The molecule has 1 rings (SSSR count). The number of nitrogens with zero attached hydrogens (tertiary/aromatic N) is 4. The van der Waals surface area contributed by atoms with Crippen molar-refractivity contribution in [1.82, 2.24) is 29.3 Å². The van der Waals surface area contributed by atoms with Gasteiger partial charge in [0, 0.05) is 26.3 Å². The Balaban J connectivity index is 2.21. The van der Waals surface area contributed by atoms with Crippen LogP contribution in [0.3, 0.4) is 0 Å². The van der Waals surface area contributed by atoms with Gasteiger partial charge < -0.3 is 5.32 Å². The van der Waals surface area contributed by atoms with Crippen LogP contribution >= 0.6 is 0 Å². The van der Waals surface area contributed by atoms with E-state index in [1.807, 2.05) is 0 Å². The maximum Gasteiger partial charge on any atom is 0.279 e. The third kappa shape index (κ3) is 6.42. The summed E-state index contributed by atoms with van der Waals surface area (Å²) in [6.07, 6.45) is 5.12. The van der Waals surface area contributed by atoms with E-state index < -0.39 is 10.2 Å². The average molecular weight is 304 g/mol. The van der Waals surface area contributed by atoms with Crippen LogP contribution in [0.4, 0.5) is 0 Å². The van der Waals surface area contributed by atoms with Gasteiger partial charge in [0.05, 0.1) is 12.7 Å². The van der Waals surface area contributed by atoms with E-state index in [9.17, 15) is 8.42 Å². The maximum atomic E-state index is 11.9. The summed E-state index contributed by atoms with van der Waals surface area (Å²) < 4.78 is 29.3. The van der Waals surface area contributed by atoms with Crippen LogP contribution in [-0.2, 0) is 16.8 Å². The highest BCUT2D eigenvalue weighted by atomic mass is 32.2. The fourth-order valence-corrected chi connectivity index (χ4v) is 2.54. The Labute approximate surface area is 120 Å². The number of hydrogen-bond donors (Lipinski definition) is 2. The fourth-order valence-electron chi connectivity index (χ4n) is 1.60. The molecule has 0 aromatic carbocycles. The normalized spacial score (nSPS) is 12.2. The van der Waals surface area contributed by atoms with Gasteiger partial charge in [-0.05, 0) is 25.9 Å². The molecule has 2 N–H and O–H groups in total. The van der Waals surface area contributed by atoms with Gasteiger partial charge in [-0.2, -0.15) is 12.7 Å². The van der Waals surface area contributed by atoms with Crippen molar-refractivity contribution in [1.29, 1.82) is 0 Å². The molecule has 0 unspecified atom stereocenters. The van der Waals surface area contributed by atoms with Gasteiger partial charge in [-0.1, -0.05) is 12.1 Å². The Bertz CT molecular complexity index is 447. The van der Waals surface area contributed by atoms with Gasteiger partial charge >= 0.3 is 0 Å². The lowest BCUT2D eigenvalue weighted by Gasteiger charge is -2.17. The van der Waals surface area contributed by atoms with Crippen LogP contribution in [0.1, 0.15) is 19.8 Å². The average Bonchev–Trinajstić information content (AvgIpc) is 2.91. The minimum absolute atomic E-state index is 0.296. The van der Waals surface area contributed by atoms with Crippen LogP contribution in [0.5, 0.6) is 0 Å². The summed E-state index contributed by atoms with van der Waals surface area (Å²) in [6.45, 7) is 5.15. The van der Waals surface area contributed by atoms with Crippen molar-refractivity contribution in [3.8, 4) is 0 Å². The molecular weight excluding hydrogens is 280 g/mol. The molecule has 9 heteroatoms. The van der Waals surface area contributed by atoms with Crippen LogP contribution in [0, 0.1) is 0 Å². The smallest absolute Gasteiger partial charge is 0.279 e. The molecule has 8 nitrogen and oxygen atoms in total. The summed E-state index contributed by atoms with van der Waals surface area (Å²) in [5, 5.41) is 10.7.